The molecule has 1 aliphatic carbocycles. The Morgan fingerprint density at radius 1 is 1.26 bits per heavy atom. The largest absolute Gasteiger partial charge is 0.463 e. The minimum absolute atomic E-state index is 0.232. The summed E-state index contributed by atoms with van der Waals surface area (Å²) in [5.41, 5.74) is 1.19. The van der Waals surface area contributed by atoms with Gasteiger partial charge in [-0.1, -0.05) is 38.7 Å². The highest BCUT2D eigenvalue weighted by atomic mass is 32.2. The molecule has 7 heteroatoms. The second kappa shape index (κ2) is 10.5. The maximum Gasteiger partial charge on any atom is 0.335 e. The van der Waals surface area contributed by atoms with Gasteiger partial charge < -0.3 is 4.74 Å². The fraction of sp³-hybridized carbons (Fsp3) is 0.650. The van der Waals surface area contributed by atoms with Crippen molar-refractivity contribution in [3.8, 4) is 0 Å². The highest BCUT2D eigenvalue weighted by Gasteiger charge is 2.35. The van der Waals surface area contributed by atoms with Crippen LogP contribution in [0.2, 0.25) is 0 Å². The van der Waals surface area contributed by atoms with E-state index in [1.54, 1.807) is 23.9 Å². The first-order chi connectivity index (χ1) is 13.0. The van der Waals surface area contributed by atoms with E-state index in [-0.39, 0.29) is 12.2 Å². The average Bonchev–Trinajstić information content (AvgIpc) is 3.08. The van der Waals surface area contributed by atoms with Crippen LogP contribution in [0.5, 0.6) is 0 Å². The summed E-state index contributed by atoms with van der Waals surface area (Å²) in [6, 6.07) is 3.78. The zero-order valence-corrected chi connectivity index (χ0v) is 17.3. The van der Waals surface area contributed by atoms with Crippen LogP contribution in [0.15, 0.2) is 30.0 Å². The molecule has 0 saturated carbocycles. The smallest absolute Gasteiger partial charge is 0.335 e. The Kier molecular flexibility index (Phi) is 8.41. The molecule has 1 aromatic rings. The van der Waals surface area contributed by atoms with Crippen molar-refractivity contribution in [3.05, 3.63) is 35.7 Å². The fourth-order valence-corrected chi connectivity index (χ4v) is 5.00. The second-order valence-electron chi connectivity index (χ2n) is 6.97. The van der Waals surface area contributed by atoms with Gasteiger partial charge in [0, 0.05) is 11.9 Å². The molecule has 1 atom stereocenters. The molecule has 1 heterocycles. The van der Waals surface area contributed by atoms with Crippen LogP contribution >= 0.6 is 0 Å². The molecule has 0 aromatic carbocycles. The monoisotopic (exact) mass is 396 g/mol. The molecule has 0 radical (unpaired) electrons. The van der Waals surface area contributed by atoms with E-state index in [9.17, 15) is 13.2 Å². The van der Waals surface area contributed by atoms with Crippen LogP contribution in [0.25, 0.3) is 0 Å². The standard InChI is InChI=1S/C20H32N2O4S/c1-3-5-6-7-8-12-17-13-11-16-22(17)21-27(24,25)19-15-10-9-14-18(19)20(23)26-4-2/h11,13-14,16,19,21H,3-10,12,15H2,1-2H3. The highest BCUT2D eigenvalue weighted by molar-refractivity contribution is 7.93. The third-order valence-electron chi connectivity index (χ3n) is 4.86. The van der Waals surface area contributed by atoms with Crippen LogP contribution in [-0.2, 0) is 26.0 Å². The molecule has 6 nitrogen and oxygen atoms in total. The summed E-state index contributed by atoms with van der Waals surface area (Å²) in [6.45, 7) is 4.13. The number of hydrogen-bond acceptors (Lipinski definition) is 4. The van der Waals surface area contributed by atoms with Gasteiger partial charge in [-0.25, -0.2) is 18.0 Å². The van der Waals surface area contributed by atoms with Crippen LogP contribution < -0.4 is 4.83 Å². The van der Waals surface area contributed by atoms with Crippen molar-refractivity contribution in [2.24, 2.45) is 0 Å². The topological polar surface area (TPSA) is 77.4 Å². The molecule has 2 rings (SSSR count). The Labute approximate surface area is 163 Å². The molecular weight excluding hydrogens is 364 g/mol. The summed E-state index contributed by atoms with van der Waals surface area (Å²) < 4.78 is 32.5. The molecule has 0 saturated heterocycles. The number of ether oxygens (including phenoxy) is 1. The Morgan fingerprint density at radius 2 is 2.04 bits per heavy atom. The summed E-state index contributed by atoms with van der Waals surface area (Å²) in [5.74, 6) is -0.531. The van der Waals surface area contributed by atoms with Gasteiger partial charge in [0.05, 0.1) is 12.2 Å². The molecule has 0 fully saturated rings. The number of unbranched alkanes of at least 4 members (excludes halogenated alkanes) is 4. The minimum atomic E-state index is -3.74. The van der Waals surface area contributed by atoms with E-state index in [1.807, 2.05) is 12.1 Å². The van der Waals surface area contributed by atoms with E-state index < -0.39 is 21.2 Å². The minimum Gasteiger partial charge on any atom is -0.463 e. The van der Waals surface area contributed by atoms with Crippen molar-refractivity contribution < 1.29 is 17.9 Å². The van der Waals surface area contributed by atoms with Crippen LogP contribution in [0.3, 0.4) is 0 Å². The van der Waals surface area contributed by atoms with Crippen LogP contribution in [0.4, 0.5) is 0 Å². The summed E-state index contributed by atoms with van der Waals surface area (Å²) in [7, 11) is -3.74. The molecule has 1 N–H and O–H groups in total. The first kappa shape index (κ1) is 21.5. The lowest BCUT2D eigenvalue weighted by Crippen LogP contribution is -2.38. The molecule has 27 heavy (non-hydrogen) atoms. The van der Waals surface area contributed by atoms with Gasteiger partial charge in [-0.05, 0) is 51.2 Å². The zero-order chi connectivity index (χ0) is 19.7. The summed E-state index contributed by atoms with van der Waals surface area (Å²) in [4.78, 5) is 14.8. The van der Waals surface area contributed by atoms with Crippen molar-refractivity contribution in [1.29, 1.82) is 0 Å². The van der Waals surface area contributed by atoms with Gasteiger partial charge in [-0.2, -0.15) is 0 Å². The Bertz CT molecular complexity index is 737. The number of aryl methyl sites for hydroxylation is 1. The van der Waals surface area contributed by atoms with E-state index in [1.165, 1.54) is 19.3 Å². The second-order valence-corrected chi connectivity index (χ2v) is 8.81. The number of nitrogens with zero attached hydrogens (tertiary/aromatic N) is 1. The number of nitrogens with one attached hydrogen (secondary N) is 1. The Balaban J connectivity index is 2.05. The van der Waals surface area contributed by atoms with E-state index in [4.69, 9.17) is 4.74 Å². The normalized spacial score (nSPS) is 17.4. The number of hydrogen-bond donors (Lipinski definition) is 1. The van der Waals surface area contributed by atoms with Gasteiger partial charge in [0.25, 0.3) is 10.0 Å². The van der Waals surface area contributed by atoms with Crippen molar-refractivity contribution in [1.82, 2.24) is 4.68 Å². The van der Waals surface area contributed by atoms with Crippen molar-refractivity contribution in [3.63, 3.8) is 0 Å². The third-order valence-corrected chi connectivity index (χ3v) is 6.55. The molecule has 152 valence electrons. The quantitative estimate of drug-likeness (QED) is 0.454. The molecule has 1 aliphatic rings. The molecule has 0 aliphatic heterocycles. The maximum atomic E-state index is 13.0. The lowest BCUT2D eigenvalue weighted by Gasteiger charge is -2.24. The number of carbonyl (C=O) groups is 1. The van der Waals surface area contributed by atoms with Crippen molar-refractivity contribution >= 4 is 16.0 Å². The number of sulfonamides is 1. The molecule has 0 spiro atoms. The number of rotatable bonds is 11. The van der Waals surface area contributed by atoms with Gasteiger partial charge in [0.15, 0.2) is 0 Å². The first-order valence-corrected chi connectivity index (χ1v) is 11.6. The Morgan fingerprint density at radius 3 is 2.78 bits per heavy atom. The lowest BCUT2D eigenvalue weighted by molar-refractivity contribution is -0.138. The lowest BCUT2D eigenvalue weighted by atomic mass is 9.99. The van der Waals surface area contributed by atoms with Crippen LogP contribution in [0.1, 0.15) is 70.9 Å². The third kappa shape index (κ3) is 6.13. The van der Waals surface area contributed by atoms with Crippen molar-refractivity contribution in [2.75, 3.05) is 11.4 Å². The molecule has 0 amide bonds. The van der Waals surface area contributed by atoms with Gasteiger partial charge in [0.2, 0.25) is 0 Å². The summed E-state index contributed by atoms with van der Waals surface area (Å²) in [5, 5.41) is -0.870. The SMILES string of the molecule is CCCCCCCc1cccn1NS(=O)(=O)C1CCCC=C1C(=O)OCC. The molecule has 0 bridgehead atoms. The molecule has 1 unspecified atom stereocenters. The number of aromatic nitrogens is 1. The van der Waals surface area contributed by atoms with E-state index in [2.05, 4.69) is 11.8 Å². The van der Waals surface area contributed by atoms with E-state index in [0.29, 0.717) is 12.8 Å². The number of carbonyl (C=O) groups excluding carboxylic acids is 1. The predicted octanol–water partition coefficient (Wildman–Crippen LogP) is 3.92. The van der Waals surface area contributed by atoms with E-state index >= 15 is 0 Å². The fourth-order valence-electron chi connectivity index (χ4n) is 3.42. The van der Waals surface area contributed by atoms with Crippen molar-refractivity contribution in [2.45, 2.75) is 76.9 Å². The summed E-state index contributed by atoms with van der Waals surface area (Å²) in [6.07, 6.45) is 11.9. The first-order valence-electron chi connectivity index (χ1n) is 10.0. The predicted molar refractivity (Wildman–Crippen MR) is 108 cm³/mol. The average molecular weight is 397 g/mol. The zero-order valence-electron chi connectivity index (χ0n) is 16.4. The Hall–Kier alpha value is -1.76. The number of esters is 1. The van der Waals surface area contributed by atoms with Crippen LogP contribution in [0, 0.1) is 0 Å². The van der Waals surface area contributed by atoms with Crippen LogP contribution in [-0.4, -0.2) is 30.9 Å². The maximum absolute atomic E-state index is 13.0. The highest BCUT2D eigenvalue weighted by Crippen LogP contribution is 2.26. The van der Waals surface area contributed by atoms with E-state index in [0.717, 1.165) is 31.4 Å². The van der Waals surface area contributed by atoms with Gasteiger partial charge in [-0.3, -0.25) is 4.68 Å². The molecule has 1 aromatic heterocycles. The van der Waals surface area contributed by atoms with Gasteiger partial charge >= 0.3 is 5.97 Å². The van der Waals surface area contributed by atoms with Gasteiger partial charge in [0.1, 0.15) is 5.25 Å². The summed E-state index contributed by atoms with van der Waals surface area (Å²) >= 11 is 0. The number of allylic oxidation sites excluding steroid dienone is 1. The van der Waals surface area contributed by atoms with Gasteiger partial charge in [-0.15, -0.1) is 0 Å². The molecular formula is C20H32N2O4S.